The van der Waals surface area contributed by atoms with Crippen molar-refractivity contribution in [3.05, 3.63) is 29.3 Å². The lowest BCUT2D eigenvalue weighted by molar-refractivity contribution is 0.138. The van der Waals surface area contributed by atoms with Crippen molar-refractivity contribution in [1.29, 1.82) is 0 Å². The van der Waals surface area contributed by atoms with Gasteiger partial charge in [-0.3, -0.25) is 0 Å². The van der Waals surface area contributed by atoms with Crippen molar-refractivity contribution < 1.29 is 4.74 Å². The fraction of sp³-hybridized carbons (Fsp3) is 0.684. The number of ether oxygens (including phenoxy) is 1. The number of benzene rings is 1. The monoisotopic (exact) mass is 287 g/mol. The van der Waals surface area contributed by atoms with Gasteiger partial charge in [0.05, 0.1) is 0 Å². The van der Waals surface area contributed by atoms with Gasteiger partial charge in [0.1, 0.15) is 11.4 Å². The summed E-state index contributed by atoms with van der Waals surface area (Å²) in [6, 6.07) is 6.68. The molecule has 0 unspecified atom stereocenters. The highest BCUT2D eigenvalue weighted by molar-refractivity contribution is 5.41. The lowest BCUT2D eigenvalue weighted by atomic mass is 9.83. The van der Waals surface area contributed by atoms with Crippen LogP contribution in [0.1, 0.15) is 64.0 Å². The Hall–Kier alpha value is -1.02. The maximum absolute atomic E-state index is 5.95. The summed E-state index contributed by atoms with van der Waals surface area (Å²) in [4.78, 5) is 0. The molecule has 2 heteroatoms. The highest BCUT2D eigenvalue weighted by Gasteiger charge is 2.32. The number of rotatable bonds is 5. The summed E-state index contributed by atoms with van der Waals surface area (Å²) in [5.41, 5.74) is 3.29. The van der Waals surface area contributed by atoms with Gasteiger partial charge in [0, 0.05) is 19.5 Å². The summed E-state index contributed by atoms with van der Waals surface area (Å²) >= 11 is 0. The van der Waals surface area contributed by atoms with Crippen molar-refractivity contribution in [2.24, 2.45) is 5.41 Å². The third-order valence-electron chi connectivity index (χ3n) is 5.37. The molecule has 1 N–H and O–H groups in total. The maximum atomic E-state index is 5.95. The average molecular weight is 287 g/mol. The van der Waals surface area contributed by atoms with E-state index in [1.165, 1.54) is 49.8 Å². The van der Waals surface area contributed by atoms with E-state index in [-0.39, 0.29) is 5.60 Å². The van der Waals surface area contributed by atoms with E-state index in [1.807, 2.05) is 0 Å². The van der Waals surface area contributed by atoms with Crippen LogP contribution in [0, 0.1) is 5.41 Å². The first-order valence-electron chi connectivity index (χ1n) is 8.54. The average Bonchev–Trinajstić information content (AvgIpc) is 3.01. The van der Waals surface area contributed by atoms with E-state index in [1.54, 1.807) is 0 Å². The zero-order valence-corrected chi connectivity index (χ0v) is 13.8. The van der Waals surface area contributed by atoms with Crippen LogP contribution < -0.4 is 10.1 Å². The standard InChI is InChI=1S/C19H29NO/c1-4-19(9-5-6-10-19)14-20-13-15-7-8-17-16(11-15)12-18(2,3)21-17/h7-8,11,20H,4-6,9-10,12-14H2,1-3H3. The van der Waals surface area contributed by atoms with E-state index in [4.69, 9.17) is 4.74 Å². The molecule has 1 fully saturated rings. The second kappa shape index (κ2) is 5.64. The van der Waals surface area contributed by atoms with Crippen LogP contribution in [0.25, 0.3) is 0 Å². The van der Waals surface area contributed by atoms with Gasteiger partial charge in [-0.05, 0) is 55.7 Å². The number of hydrogen-bond donors (Lipinski definition) is 1. The quantitative estimate of drug-likeness (QED) is 0.863. The minimum absolute atomic E-state index is 0.0372. The van der Waals surface area contributed by atoms with Gasteiger partial charge in [-0.1, -0.05) is 31.9 Å². The van der Waals surface area contributed by atoms with E-state index in [0.717, 1.165) is 18.7 Å². The van der Waals surface area contributed by atoms with Crippen molar-refractivity contribution in [2.45, 2.75) is 71.4 Å². The fourth-order valence-electron chi connectivity index (χ4n) is 4.03. The van der Waals surface area contributed by atoms with Crippen LogP contribution in [0.4, 0.5) is 0 Å². The molecule has 1 aromatic carbocycles. The molecule has 0 amide bonds. The molecule has 116 valence electrons. The summed E-state index contributed by atoms with van der Waals surface area (Å²) in [6.07, 6.45) is 7.98. The van der Waals surface area contributed by atoms with Crippen molar-refractivity contribution >= 4 is 0 Å². The Labute approximate surface area is 129 Å². The molecule has 1 aliphatic carbocycles. The second-order valence-corrected chi connectivity index (χ2v) is 7.64. The zero-order chi connectivity index (χ0) is 14.9. The van der Waals surface area contributed by atoms with E-state index < -0.39 is 0 Å². The lowest BCUT2D eigenvalue weighted by Gasteiger charge is -2.27. The molecule has 0 bridgehead atoms. The van der Waals surface area contributed by atoms with Gasteiger partial charge in [-0.2, -0.15) is 0 Å². The van der Waals surface area contributed by atoms with Crippen LogP contribution in [0.5, 0.6) is 5.75 Å². The third kappa shape index (κ3) is 3.26. The molecule has 21 heavy (non-hydrogen) atoms. The molecular formula is C19H29NO. The second-order valence-electron chi connectivity index (χ2n) is 7.64. The number of nitrogens with one attached hydrogen (secondary N) is 1. The van der Waals surface area contributed by atoms with Gasteiger partial charge in [0.25, 0.3) is 0 Å². The van der Waals surface area contributed by atoms with Crippen LogP contribution in [-0.4, -0.2) is 12.1 Å². The molecule has 1 heterocycles. The molecule has 0 spiro atoms. The van der Waals surface area contributed by atoms with Gasteiger partial charge >= 0.3 is 0 Å². The van der Waals surface area contributed by atoms with Gasteiger partial charge in [-0.25, -0.2) is 0 Å². The van der Waals surface area contributed by atoms with Crippen molar-refractivity contribution in [3.8, 4) is 5.75 Å². The summed E-state index contributed by atoms with van der Waals surface area (Å²) in [5, 5.41) is 3.71. The summed E-state index contributed by atoms with van der Waals surface area (Å²) in [5.74, 6) is 1.07. The molecule has 0 aromatic heterocycles. The summed E-state index contributed by atoms with van der Waals surface area (Å²) < 4.78 is 5.95. The van der Waals surface area contributed by atoms with Crippen LogP contribution in [0.3, 0.4) is 0 Å². The predicted octanol–water partition coefficient (Wildman–Crippen LogP) is 4.46. The normalized spacial score (nSPS) is 22.0. The molecule has 1 aliphatic heterocycles. The van der Waals surface area contributed by atoms with E-state index in [2.05, 4.69) is 44.3 Å². The molecule has 3 rings (SSSR count). The lowest BCUT2D eigenvalue weighted by Crippen LogP contribution is -2.31. The Morgan fingerprint density at radius 3 is 2.67 bits per heavy atom. The molecule has 2 nitrogen and oxygen atoms in total. The molecular weight excluding hydrogens is 258 g/mol. The number of hydrogen-bond acceptors (Lipinski definition) is 2. The van der Waals surface area contributed by atoms with Gasteiger partial charge < -0.3 is 10.1 Å². The topological polar surface area (TPSA) is 21.3 Å². The van der Waals surface area contributed by atoms with Gasteiger partial charge in [0.15, 0.2) is 0 Å². The Bertz CT molecular complexity index is 500. The van der Waals surface area contributed by atoms with Gasteiger partial charge in [0.2, 0.25) is 0 Å². The molecule has 0 radical (unpaired) electrons. The van der Waals surface area contributed by atoms with E-state index in [0.29, 0.717) is 5.41 Å². The van der Waals surface area contributed by atoms with Gasteiger partial charge in [-0.15, -0.1) is 0 Å². The van der Waals surface area contributed by atoms with E-state index >= 15 is 0 Å². The van der Waals surface area contributed by atoms with Crippen LogP contribution in [0.15, 0.2) is 18.2 Å². The summed E-state index contributed by atoms with van der Waals surface area (Å²) in [7, 11) is 0. The maximum Gasteiger partial charge on any atom is 0.123 e. The molecule has 1 aromatic rings. The Kier molecular flexibility index (Phi) is 4.00. The fourth-order valence-corrected chi connectivity index (χ4v) is 4.03. The minimum atomic E-state index is -0.0372. The van der Waals surface area contributed by atoms with Crippen LogP contribution >= 0.6 is 0 Å². The Morgan fingerprint density at radius 2 is 1.95 bits per heavy atom. The van der Waals surface area contributed by atoms with E-state index in [9.17, 15) is 0 Å². The summed E-state index contributed by atoms with van der Waals surface area (Å²) in [6.45, 7) is 8.83. The SMILES string of the molecule is CCC1(CNCc2ccc3c(c2)CC(C)(C)O3)CCCC1. The highest BCUT2D eigenvalue weighted by Crippen LogP contribution is 2.40. The van der Waals surface area contributed by atoms with Crippen molar-refractivity contribution in [1.82, 2.24) is 5.32 Å². The predicted molar refractivity (Wildman–Crippen MR) is 87.8 cm³/mol. The molecule has 0 atom stereocenters. The first kappa shape index (κ1) is 14.9. The Balaban J connectivity index is 1.57. The largest absolute Gasteiger partial charge is 0.487 e. The molecule has 0 saturated heterocycles. The molecule has 2 aliphatic rings. The highest BCUT2D eigenvalue weighted by atomic mass is 16.5. The first-order chi connectivity index (χ1) is 10.0. The number of fused-ring (bicyclic) bond motifs is 1. The smallest absolute Gasteiger partial charge is 0.123 e. The zero-order valence-electron chi connectivity index (χ0n) is 13.8. The van der Waals surface area contributed by atoms with Crippen molar-refractivity contribution in [3.63, 3.8) is 0 Å². The first-order valence-corrected chi connectivity index (χ1v) is 8.54. The minimum Gasteiger partial charge on any atom is -0.487 e. The Morgan fingerprint density at radius 1 is 1.19 bits per heavy atom. The van der Waals surface area contributed by atoms with Crippen molar-refractivity contribution in [2.75, 3.05) is 6.54 Å². The van der Waals surface area contributed by atoms with Crippen LogP contribution in [0.2, 0.25) is 0 Å². The van der Waals surface area contributed by atoms with Crippen LogP contribution in [-0.2, 0) is 13.0 Å². The molecule has 1 saturated carbocycles. The third-order valence-corrected chi connectivity index (χ3v) is 5.37.